The molecule has 0 aliphatic heterocycles. The normalized spacial score (nSPS) is 11.2. The fourth-order valence-corrected chi connectivity index (χ4v) is 3.36. The summed E-state index contributed by atoms with van der Waals surface area (Å²) in [5.41, 5.74) is 2.26. The Labute approximate surface area is 175 Å². The van der Waals surface area contributed by atoms with E-state index in [1.54, 1.807) is 13.0 Å². The molecule has 0 unspecified atom stereocenters. The molecule has 0 saturated heterocycles. The molecule has 1 aromatic heterocycles. The molecule has 0 saturated carbocycles. The standard InChI is InChI=1S/C21H28N4O3S/c1-6-12-25-19(15-8-10-16(11-9-15)21(3,4)5)23-24-20(25)29-14-17(26)22-13-18(27)28-7-2/h6,8-11H,1,7,12-14H2,2-5H3,(H,22,26). The van der Waals surface area contributed by atoms with Gasteiger partial charge in [-0.3, -0.25) is 14.2 Å². The van der Waals surface area contributed by atoms with Gasteiger partial charge in [0.1, 0.15) is 6.54 Å². The van der Waals surface area contributed by atoms with Crippen LogP contribution in [0.5, 0.6) is 0 Å². The van der Waals surface area contributed by atoms with Crippen molar-refractivity contribution in [2.75, 3.05) is 18.9 Å². The summed E-state index contributed by atoms with van der Waals surface area (Å²) in [6.45, 7) is 12.7. The van der Waals surface area contributed by atoms with Crippen LogP contribution in [-0.2, 0) is 26.3 Å². The van der Waals surface area contributed by atoms with E-state index in [-0.39, 0.29) is 30.2 Å². The van der Waals surface area contributed by atoms with Gasteiger partial charge in [0, 0.05) is 12.1 Å². The Kier molecular flexibility index (Phi) is 8.01. The number of rotatable bonds is 9. The van der Waals surface area contributed by atoms with Crippen molar-refractivity contribution in [3.05, 3.63) is 42.5 Å². The van der Waals surface area contributed by atoms with Crippen LogP contribution in [0.4, 0.5) is 0 Å². The van der Waals surface area contributed by atoms with E-state index in [9.17, 15) is 9.59 Å². The topological polar surface area (TPSA) is 86.1 Å². The fourth-order valence-electron chi connectivity index (χ4n) is 2.59. The third kappa shape index (κ3) is 6.45. The molecule has 2 rings (SSSR count). The van der Waals surface area contributed by atoms with Crippen molar-refractivity contribution in [3.63, 3.8) is 0 Å². The third-order valence-electron chi connectivity index (χ3n) is 4.11. The zero-order valence-electron chi connectivity index (χ0n) is 17.4. The quantitative estimate of drug-likeness (QED) is 0.384. The number of esters is 1. The fraction of sp³-hybridized carbons (Fsp3) is 0.429. The number of thioether (sulfide) groups is 1. The first kappa shape index (κ1) is 22.7. The summed E-state index contributed by atoms with van der Waals surface area (Å²) in [6.07, 6.45) is 1.77. The van der Waals surface area contributed by atoms with Crippen molar-refractivity contribution in [1.29, 1.82) is 0 Å². The summed E-state index contributed by atoms with van der Waals surface area (Å²) in [6, 6.07) is 8.26. The van der Waals surface area contributed by atoms with Crippen LogP contribution in [0, 0.1) is 0 Å². The van der Waals surface area contributed by atoms with Crippen LogP contribution >= 0.6 is 11.8 Å². The van der Waals surface area contributed by atoms with Crippen LogP contribution in [0.3, 0.4) is 0 Å². The first-order valence-electron chi connectivity index (χ1n) is 9.46. The van der Waals surface area contributed by atoms with Crippen molar-refractivity contribution in [3.8, 4) is 11.4 Å². The zero-order chi connectivity index (χ0) is 21.4. The minimum atomic E-state index is -0.457. The molecule has 1 aromatic carbocycles. The Morgan fingerprint density at radius 1 is 1.24 bits per heavy atom. The smallest absolute Gasteiger partial charge is 0.325 e. The average molecular weight is 417 g/mol. The summed E-state index contributed by atoms with van der Waals surface area (Å²) in [5, 5.41) is 11.7. The molecule has 0 fully saturated rings. The lowest BCUT2D eigenvalue weighted by atomic mass is 9.87. The zero-order valence-corrected chi connectivity index (χ0v) is 18.2. The van der Waals surface area contributed by atoms with Crippen LogP contribution in [0.15, 0.2) is 42.1 Å². The number of hydrogen-bond donors (Lipinski definition) is 1. The number of carbonyl (C=O) groups is 2. The van der Waals surface area contributed by atoms with Crippen molar-refractivity contribution in [2.24, 2.45) is 0 Å². The number of hydrogen-bond acceptors (Lipinski definition) is 6. The second kappa shape index (κ2) is 10.2. The molecule has 1 N–H and O–H groups in total. The Morgan fingerprint density at radius 2 is 1.93 bits per heavy atom. The Morgan fingerprint density at radius 3 is 2.52 bits per heavy atom. The second-order valence-electron chi connectivity index (χ2n) is 7.40. The van der Waals surface area contributed by atoms with Crippen LogP contribution < -0.4 is 5.32 Å². The summed E-state index contributed by atoms with van der Waals surface area (Å²) in [4.78, 5) is 23.3. The van der Waals surface area contributed by atoms with Gasteiger partial charge in [0.05, 0.1) is 12.4 Å². The van der Waals surface area contributed by atoms with Gasteiger partial charge in [0.2, 0.25) is 5.91 Å². The number of carbonyl (C=O) groups excluding carboxylic acids is 2. The van der Waals surface area contributed by atoms with E-state index in [0.29, 0.717) is 11.7 Å². The highest BCUT2D eigenvalue weighted by atomic mass is 32.2. The van der Waals surface area contributed by atoms with Gasteiger partial charge in [-0.05, 0) is 17.9 Å². The molecule has 0 aliphatic rings. The Bertz CT molecular complexity index is 854. The maximum absolute atomic E-state index is 12.0. The van der Waals surface area contributed by atoms with Gasteiger partial charge in [0.25, 0.3) is 0 Å². The van der Waals surface area contributed by atoms with E-state index < -0.39 is 5.97 Å². The van der Waals surface area contributed by atoms with Crippen LogP contribution in [-0.4, -0.2) is 45.5 Å². The van der Waals surface area contributed by atoms with Gasteiger partial charge < -0.3 is 10.1 Å². The molecule has 29 heavy (non-hydrogen) atoms. The van der Waals surface area contributed by atoms with E-state index in [0.717, 1.165) is 11.4 Å². The van der Waals surface area contributed by atoms with Crippen LogP contribution in [0.1, 0.15) is 33.3 Å². The van der Waals surface area contributed by atoms with E-state index in [4.69, 9.17) is 4.74 Å². The highest BCUT2D eigenvalue weighted by molar-refractivity contribution is 7.99. The molecule has 0 atom stereocenters. The van der Waals surface area contributed by atoms with Gasteiger partial charge in [-0.25, -0.2) is 0 Å². The van der Waals surface area contributed by atoms with Gasteiger partial charge >= 0.3 is 5.97 Å². The molecular formula is C21H28N4O3S. The molecule has 0 aliphatic carbocycles. The first-order chi connectivity index (χ1) is 13.8. The molecule has 0 radical (unpaired) electrons. The number of amides is 1. The number of nitrogens with one attached hydrogen (secondary N) is 1. The van der Waals surface area contributed by atoms with Crippen molar-refractivity contribution in [2.45, 2.75) is 44.8 Å². The van der Waals surface area contributed by atoms with E-state index in [1.165, 1.54) is 17.3 Å². The summed E-state index contributed by atoms with van der Waals surface area (Å²) < 4.78 is 6.71. The predicted molar refractivity (Wildman–Crippen MR) is 115 cm³/mol. The number of allylic oxidation sites excluding steroid dienone is 1. The van der Waals surface area contributed by atoms with Crippen LogP contribution in [0.25, 0.3) is 11.4 Å². The number of benzene rings is 1. The lowest BCUT2D eigenvalue weighted by molar-refractivity contribution is -0.143. The summed E-state index contributed by atoms with van der Waals surface area (Å²) in [7, 11) is 0. The molecule has 0 spiro atoms. The highest BCUT2D eigenvalue weighted by Gasteiger charge is 2.17. The molecule has 8 heteroatoms. The molecule has 2 aromatic rings. The van der Waals surface area contributed by atoms with Crippen molar-refractivity contribution < 1.29 is 14.3 Å². The van der Waals surface area contributed by atoms with E-state index in [1.807, 2.05) is 16.7 Å². The molecule has 1 heterocycles. The molecular weight excluding hydrogens is 388 g/mol. The number of aromatic nitrogens is 3. The monoisotopic (exact) mass is 416 g/mol. The van der Waals surface area contributed by atoms with Crippen molar-refractivity contribution >= 4 is 23.6 Å². The Balaban J connectivity index is 2.09. The molecule has 1 amide bonds. The minimum absolute atomic E-state index is 0.0746. The minimum Gasteiger partial charge on any atom is -0.465 e. The van der Waals surface area contributed by atoms with Gasteiger partial charge in [-0.2, -0.15) is 0 Å². The molecule has 156 valence electrons. The van der Waals surface area contributed by atoms with E-state index in [2.05, 4.69) is 55.0 Å². The number of ether oxygens (including phenoxy) is 1. The first-order valence-corrected chi connectivity index (χ1v) is 10.4. The lowest BCUT2D eigenvalue weighted by Gasteiger charge is -2.19. The number of nitrogens with zero attached hydrogens (tertiary/aromatic N) is 3. The summed E-state index contributed by atoms with van der Waals surface area (Å²) >= 11 is 1.26. The predicted octanol–water partition coefficient (Wildman–Crippen LogP) is 3.20. The second-order valence-corrected chi connectivity index (χ2v) is 8.35. The Hall–Kier alpha value is -2.61. The van der Waals surface area contributed by atoms with Crippen molar-refractivity contribution in [1.82, 2.24) is 20.1 Å². The summed E-state index contributed by atoms with van der Waals surface area (Å²) in [5.74, 6) is 0.117. The molecule has 7 nitrogen and oxygen atoms in total. The maximum atomic E-state index is 12.0. The molecule has 0 bridgehead atoms. The average Bonchev–Trinajstić information content (AvgIpc) is 3.07. The van der Waals surface area contributed by atoms with Gasteiger partial charge in [-0.1, -0.05) is 62.9 Å². The van der Waals surface area contributed by atoms with Gasteiger partial charge in [-0.15, -0.1) is 16.8 Å². The van der Waals surface area contributed by atoms with E-state index >= 15 is 0 Å². The largest absolute Gasteiger partial charge is 0.465 e. The SMILES string of the molecule is C=CCn1c(SCC(=O)NCC(=O)OCC)nnc1-c1ccc(C(C)(C)C)cc1. The van der Waals surface area contributed by atoms with Crippen LogP contribution in [0.2, 0.25) is 0 Å². The maximum Gasteiger partial charge on any atom is 0.325 e. The van der Waals surface area contributed by atoms with Gasteiger partial charge in [0.15, 0.2) is 11.0 Å². The lowest BCUT2D eigenvalue weighted by Crippen LogP contribution is -2.31. The third-order valence-corrected chi connectivity index (χ3v) is 5.07. The highest BCUT2D eigenvalue weighted by Crippen LogP contribution is 2.27.